The largest absolute Gasteiger partial charge is 0.330 e. The third-order valence-electron chi connectivity index (χ3n) is 3.93. The topological polar surface area (TPSA) is 26.0 Å². The van der Waals surface area contributed by atoms with Crippen molar-refractivity contribution in [2.75, 3.05) is 6.54 Å². The molecule has 0 fully saturated rings. The maximum Gasteiger partial charge on any atom is -0.00747 e. The summed E-state index contributed by atoms with van der Waals surface area (Å²) < 4.78 is 0. The van der Waals surface area contributed by atoms with Gasteiger partial charge in [-0.3, -0.25) is 0 Å². The molecule has 0 aliphatic heterocycles. The minimum Gasteiger partial charge on any atom is -0.330 e. The van der Waals surface area contributed by atoms with Gasteiger partial charge in [0.05, 0.1) is 0 Å². The molecule has 1 atom stereocenters. The van der Waals surface area contributed by atoms with Crippen LogP contribution < -0.4 is 5.73 Å². The molecule has 0 saturated carbocycles. The highest BCUT2D eigenvalue weighted by Gasteiger charge is 1.99. The fraction of sp³-hybridized carbons (Fsp3) is 0.700. The maximum absolute atomic E-state index is 5.58. The molecule has 2 N–H and O–H groups in total. The Morgan fingerprint density at radius 2 is 1.33 bits per heavy atom. The van der Waals surface area contributed by atoms with E-state index in [9.17, 15) is 0 Å². The van der Waals surface area contributed by atoms with Crippen LogP contribution >= 0.6 is 0 Å². The highest BCUT2D eigenvalue weighted by Crippen LogP contribution is 2.14. The van der Waals surface area contributed by atoms with Crippen LogP contribution in [0.15, 0.2) is 34.9 Å². The summed E-state index contributed by atoms with van der Waals surface area (Å²) in [5.74, 6) is 0.760. The lowest BCUT2D eigenvalue weighted by Crippen LogP contribution is -2.05. The summed E-state index contributed by atoms with van der Waals surface area (Å²) in [5.41, 5.74) is 10.1. The third kappa shape index (κ3) is 13.9. The zero-order valence-electron chi connectivity index (χ0n) is 15.0. The first-order chi connectivity index (χ1) is 9.95. The highest BCUT2D eigenvalue weighted by molar-refractivity contribution is 5.05. The van der Waals surface area contributed by atoms with Gasteiger partial charge in [-0.2, -0.15) is 0 Å². The van der Waals surface area contributed by atoms with Crippen LogP contribution in [0.25, 0.3) is 0 Å². The summed E-state index contributed by atoms with van der Waals surface area (Å²) in [6.45, 7) is 12.0. The molecule has 0 heterocycles. The molecule has 0 bridgehead atoms. The lowest BCUT2D eigenvalue weighted by atomic mass is 10.00. The van der Waals surface area contributed by atoms with Gasteiger partial charge in [-0.1, -0.05) is 41.9 Å². The van der Waals surface area contributed by atoms with E-state index in [2.05, 4.69) is 52.8 Å². The first-order valence-corrected chi connectivity index (χ1v) is 8.60. The van der Waals surface area contributed by atoms with Crippen molar-refractivity contribution in [1.82, 2.24) is 0 Å². The monoisotopic (exact) mass is 291 g/mol. The molecule has 0 aromatic rings. The number of hydrogen-bond donors (Lipinski definition) is 1. The van der Waals surface area contributed by atoms with Crippen molar-refractivity contribution < 1.29 is 0 Å². The van der Waals surface area contributed by atoms with Crippen molar-refractivity contribution in [3.63, 3.8) is 0 Å². The molecule has 0 radical (unpaired) electrons. The molecule has 0 spiro atoms. The zero-order valence-corrected chi connectivity index (χ0v) is 15.0. The van der Waals surface area contributed by atoms with Crippen molar-refractivity contribution in [2.24, 2.45) is 11.7 Å². The van der Waals surface area contributed by atoms with Crippen LogP contribution in [0, 0.1) is 5.92 Å². The SMILES string of the molecule is CC(C)=CCC/C(C)=C/CC/C(C)=C/CCC(C)CCN. The van der Waals surface area contributed by atoms with Crippen LogP contribution in [0.1, 0.15) is 79.6 Å². The molecule has 0 aliphatic rings. The second-order valence-electron chi connectivity index (χ2n) is 6.72. The molecule has 122 valence electrons. The van der Waals surface area contributed by atoms with Gasteiger partial charge in [-0.05, 0) is 85.1 Å². The Bertz CT molecular complexity index is 343. The molecular weight excluding hydrogens is 254 g/mol. The van der Waals surface area contributed by atoms with Crippen molar-refractivity contribution >= 4 is 0 Å². The van der Waals surface area contributed by atoms with E-state index in [4.69, 9.17) is 5.73 Å². The van der Waals surface area contributed by atoms with Gasteiger partial charge >= 0.3 is 0 Å². The highest BCUT2D eigenvalue weighted by atomic mass is 14.5. The fourth-order valence-corrected chi connectivity index (χ4v) is 2.38. The fourth-order valence-electron chi connectivity index (χ4n) is 2.38. The minimum atomic E-state index is 0.760. The Morgan fingerprint density at radius 3 is 1.86 bits per heavy atom. The van der Waals surface area contributed by atoms with Gasteiger partial charge in [-0.15, -0.1) is 0 Å². The molecule has 21 heavy (non-hydrogen) atoms. The third-order valence-corrected chi connectivity index (χ3v) is 3.93. The van der Waals surface area contributed by atoms with E-state index in [1.807, 2.05) is 0 Å². The first-order valence-electron chi connectivity index (χ1n) is 8.60. The van der Waals surface area contributed by atoms with Gasteiger partial charge in [0.2, 0.25) is 0 Å². The van der Waals surface area contributed by atoms with Gasteiger partial charge in [-0.25, -0.2) is 0 Å². The number of rotatable bonds is 11. The smallest absolute Gasteiger partial charge is 0.00747 e. The van der Waals surface area contributed by atoms with E-state index >= 15 is 0 Å². The van der Waals surface area contributed by atoms with Crippen LogP contribution in [0.4, 0.5) is 0 Å². The molecule has 0 aliphatic carbocycles. The van der Waals surface area contributed by atoms with Gasteiger partial charge in [0.25, 0.3) is 0 Å². The Balaban J connectivity index is 3.85. The molecule has 1 nitrogen and oxygen atoms in total. The average molecular weight is 292 g/mol. The molecule has 0 aromatic heterocycles. The quantitative estimate of drug-likeness (QED) is 0.452. The summed E-state index contributed by atoms with van der Waals surface area (Å²) in [5, 5.41) is 0. The van der Waals surface area contributed by atoms with E-state index in [0.29, 0.717) is 0 Å². The van der Waals surface area contributed by atoms with Crippen molar-refractivity contribution in [1.29, 1.82) is 0 Å². The zero-order chi connectivity index (χ0) is 16.1. The number of allylic oxidation sites excluding steroid dienone is 6. The molecule has 0 aromatic carbocycles. The predicted octanol–water partition coefficient (Wildman–Crippen LogP) is 6.17. The van der Waals surface area contributed by atoms with Crippen molar-refractivity contribution in [2.45, 2.75) is 79.6 Å². The van der Waals surface area contributed by atoms with Gasteiger partial charge < -0.3 is 5.73 Å². The van der Waals surface area contributed by atoms with Crippen LogP contribution in [0.5, 0.6) is 0 Å². The number of nitrogens with two attached hydrogens (primary N) is 1. The Kier molecular flexibility index (Phi) is 12.4. The summed E-state index contributed by atoms with van der Waals surface area (Å²) in [4.78, 5) is 0. The number of hydrogen-bond acceptors (Lipinski definition) is 1. The first kappa shape index (κ1) is 20.2. The van der Waals surface area contributed by atoms with E-state index < -0.39 is 0 Å². The minimum absolute atomic E-state index is 0.760. The van der Waals surface area contributed by atoms with Crippen LogP contribution in [-0.4, -0.2) is 6.54 Å². The van der Waals surface area contributed by atoms with E-state index in [1.165, 1.54) is 55.2 Å². The van der Waals surface area contributed by atoms with E-state index in [-0.39, 0.29) is 0 Å². The van der Waals surface area contributed by atoms with Gasteiger partial charge in [0.15, 0.2) is 0 Å². The Hall–Kier alpha value is -0.820. The van der Waals surface area contributed by atoms with Crippen molar-refractivity contribution in [3.8, 4) is 0 Å². The Morgan fingerprint density at radius 1 is 0.810 bits per heavy atom. The standard InChI is InChI=1S/C20H37N/c1-17(2)9-6-10-18(3)11-7-12-19(4)13-8-14-20(5)15-16-21/h9,11,13,20H,6-8,10,12,14-16,21H2,1-5H3/b18-11+,19-13+. The lowest BCUT2D eigenvalue weighted by molar-refractivity contribution is 0.503. The Labute approximate surface area is 133 Å². The summed E-state index contributed by atoms with van der Waals surface area (Å²) >= 11 is 0. The lowest BCUT2D eigenvalue weighted by Gasteiger charge is -2.07. The molecule has 0 rings (SSSR count). The molecule has 1 unspecified atom stereocenters. The van der Waals surface area contributed by atoms with Crippen LogP contribution in [0.2, 0.25) is 0 Å². The maximum atomic E-state index is 5.58. The van der Waals surface area contributed by atoms with E-state index in [0.717, 1.165) is 18.9 Å². The summed E-state index contributed by atoms with van der Waals surface area (Å²) in [7, 11) is 0. The molecule has 1 heteroatoms. The molecular formula is C20H37N. The average Bonchev–Trinajstić information content (AvgIpc) is 2.38. The van der Waals surface area contributed by atoms with Gasteiger partial charge in [0, 0.05) is 0 Å². The normalized spacial score (nSPS) is 14.2. The van der Waals surface area contributed by atoms with Crippen molar-refractivity contribution in [3.05, 3.63) is 34.9 Å². The summed E-state index contributed by atoms with van der Waals surface area (Å²) in [6, 6.07) is 0. The predicted molar refractivity (Wildman–Crippen MR) is 97.5 cm³/mol. The van der Waals surface area contributed by atoms with Gasteiger partial charge in [0.1, 0.15) is 0 Å². The van der Waals surface area contributed by atoms with Crippen LogP contribution in [0.3, 0.4) is 0 Å². The second-order valence-corrected chi connectivity index (χ2v) is 6.72. The molecule has 0 amide bonds. The van der Waals surface area contributed by atoms with Crippen LogP contribution in [-0.2, 0) is 0 Å². The summed E-state index contributed by atoms with van der Waals surface area (Å²) in [6.07, 6.45) is 15.5. The van der Waals surface area contributed by atoms with E-state index in [1.54, 1.807) is 0 Å². The molecule has 0 saturated heterocycles. The second kappa shape index (κ2) is 12.9.